The molecule has 5 fully saturated rings. The number of carbonyl (C=O) groups is 5. The Balaban J connectivity index is 0.000000269. The molecule has 1 aromatic carbocycles. The number of primary amides is 1. The number of nitrogens with zero attached hydrogens (tertiary/aromatic N) is 2. The number of ketones is 3. The number of hydrogen-bond donors (Lipinski definition) is 9. The summed E-state index contributed by atoms with van der Waals surface area (Å²) in [5.74, 6) is -11.6. The lowest BCUT2D eigenvalue weighted by Gasteiger charge is -2.53. The molecular weight excluding hydrogens is 1140 g/mol. The number of Topliss-reactive ketones (excluding diaryl/α,β-unsaturated/α-hetero) is 3. The third kappa shape index (κ3) is 13.9. The van der Waals surface area contributed by atoms with Crippen molar-refractivity contribution in [3.8, 4) is 5.75 Å². The second-order valence-corrected chi connectivity index (χ2v) is 25.6. The second-order valence-electron chi connectivity index (χ2n) is 24.7. The molecule has 10 N–H and O–H groups in total. The van der Waals surface area contributed by atoms with Crippen molar-refractivity contribution >= 4 is 42.8 Å². The van der Waals surface area contributed by atoms with Crippen LogP contribution in [0.25, 0.3) is 5.76 Å². The fourth-order valence-corrected chi connectivity index (χ4v) is 13.4. The maximum atomic E-state index is 13.9. The van der Waals surface area contributed by atoms with Gasteiger partial charge in [-0.05, 0) is 99.6 Å². The van der Waals surface area contributed by atoms with Gasteiger partial charge in [-0.15, -0.1) is 0 Å². The number of methoxy groups -OCH3 is 1. The summed E-state index contributed by atoms with van der Waals surface area (Å²) in [4.78, 5) is 95.3. The summed E-state index contributed by atoms with van der Waals surface area (Å²) >= 11 is 0. The standard InChI is InChI=1S/C35H61NO12.C22H24N2O8.H3O4P/c1-16-14-35(15-43-35)32(40)19(4)27(37)18(3)22(7)46-33(41)21(6)31(47-26-13-25(42-11)28(38)23(8)45-26)20(5)30(16)48-34-29(39)24(36(9)10)12-17(2)44-34;1-21(31)8-5-4-6-11(25)12(8)16(26)13-9(21)7-10-15(24(2)3)17(27)14(20(23)30)19(29)22(10,32)18(13)28;1-5(2,3)4/h16-31,34,37-39H,12-15H2,1-11H3;4-6,9-10,15,25-26,29,31-32H,7H2,1-3H3,(H2,23,30);(H3,1,2,3,4)/p-3/t16-,17+,18-,19+,20+,21+,22+,23-,24-,25-,26-,27-,28-,29+,30-,31-,34-,35+;9-,10-,15-,21+,22-;/m00./s1. The van der Waals surface area contributed by atoms with Gasteiger partial charge < -0.3 is 104 Å². The number of phenols is 1. The number of amides is 1. The normalized spacial score (nSPS) is 41.8. The Labute approximate surface area is 493 Å². The molecule has 8 rings (SSSR count). The van der Waals surface area contributed by atoms with E-state index in [0.29, 0.717) is 6.42 Å². The molecule has 480 valence electrons. The third-order valence-electron chi connectivity index (χ3n) is 18.4. The average Bonchev–Trinajstić information content (AvgIpc) is 1.52. The number of cyclic esters (lactones) is 1. The van der Waals surface area contributed by atoms with Crippen molar-refractivity contribution in [3.63, 3.8) is 0 Å². The maximum Gasteiger partial charge on any atom is 0.311 e. The number of benzene rings is 1. The van der Waals surface area contributed by atoms with E-state index >= 15 is 0 Å². The van der Waals surface area contributed by atoms with E-state index in [9.17, 15) is 64.8 Å². The molecular formula is C57H85N3O24P-3. The van der Waals surface area contributed by atoms with Crippen LogP contribution in [-0.4, -0.2) is 213 Å². The number of carbonyl (C=O) groups excluding carboxylic acids is 5. The Morgan fingerprint density at radius 1 is 0.800 bits per heavy atom. The number of esters is 1. The van der Waals surface area contributed by atoms with Crippen LogP contribution in [0.3, 0.4) is 0 Å². The molecule has 0 bridgehead atoms. The highest BCUT2D eigenvalue weighted by Crippen LogP contribution is 2.57. The fourth-order valence-electron chi connectivity index (χ4n) is 13.4. The Morgan fingerprint density at radius 2 is 1.40 bits per heavy atom. The number of epoxide rings is 1. The van der Waals surface area contributed by atoms with Crippen LogP contribution in [-0.2, 0) is 67.3 Å². The zero-order valence-corrected chi connectivity index (χ0v) is 51.2. The van der Waals surface area contributed by atoms with Gasteiger partial charge in [-0.2, -0.15) is 7.82 Å². The highest BCUT2D eigenvalue weighted by molar-refractivity contribution is 7.40. The smallest absolute Gasteiger partial charge is 0.311 e. The molecule has 85 heavy (non-hydrogen) atoms. The highest BCUT2D eigenvalue weighted by atomic mass is 31.2. The van der Waals surface area contributed by atoms with E-state index in [-0.39, 0.29) is 60.8 Å². The summed E-state index contributed by atoms with van der Waals surface area (Å²) in [6.45, 7) is 16.1. The summed E-state index contributed by atoms with van der Waals surface area (Å²) in [6.07, 6.45) is -7.35. The van der Waals surface area contributed by atoms with Crippen LogP contribution < -0.4 is 20.4 Å². The lowest BCUT2D eigenvalue weighted by atomic mass is 9.54. The van der Waals surface area contributed by atoms with Gasteiger partial charge in [-0.3, -0.25) is 28.9 Å². The van der Waals surface area contributed by atoms with Crippen molar-refractivity contribution in [1.29, 1.82) is 0 Å². The zero-order valence-electron chi connectivity index (χ0n) is 50.3. The second kappa shape index (κ2) is 26.4. The predicted octanol–water partition coefficient (Wildman–Crippen LogP) is -1.29. The number of aromatic hydroxyl groups is 1. The highest BCUT2D eigenvalue weighted by Gasteiger charge is 2.67. The predicted molar refractivity (Wildman–Crippen MR) is 291 cm³/mol. The Bertz CT molecular complexity index is 2760. The average molecular weight is 1230 g/mol. The van der Waals surface area contributed by atoms with Crippen LogP contribution >= 0.6 is 7.82 Å². The van der Waals surface area contributed by atoms with E-state index in [2.05, 4.69) is 0 Å². The number of aliphatic hydroxyl groups excluding tert-OH is 5. The van der Waals surface area contributed by atoms with Crippen molar-refractivity contribution in [2.45, 2.75) is 184 Å². The number of hydrogen-bond acceptors (Lipinski definition) is 26. The first-order chi connectivity index (χ1) is 39.2. The SMILES string of the molecule is CN(C)[C@@H]1C(=O)C(C(N)=O)=C(O)[C@@]2(O)C(=O)C3=C(O)c4c(O)cccc4[C@@](C)(O)[C@H]3C[C@@H]12.CO[C@H]1C[C@H](O[C@H]2[C@H](C)[C@@H](O[C@@H]3O[C@H](C)C[C@H](N(C)C)[C@H]3O)[C@@H](C)C[C@@]3(CO3)C(=O)[C@H](C)[C@@H](O)[C@@H](C)[C@@H](C)OC(=O)[C@@H]2C)O[C@@H](C)[C@@H]1O.O=P([O-])([O-])[O-]. The molecule has 23 atom stereocenters. The van der Waals surface area contributed by atoms with E-state index < -0.39 is 179 Å². The number of phosphoric acid groups is 1. The fraction of sp³-hybridized carbons (Fsp3) is 0.737. The van der Waals surface area contributed by atoms with Crippen LogP contribution in [0.1, 0.15) is 99.1 Å². The van der Waals surface area contributed by atoms with Crippen molar-refractivity contribution in [2.24, 2.45) is 47.2 Å². The van der Waals surface area contributed by atoms with Crippen molar-refractivity contribution in [1.82, 2.24) is 9.80 Å². The minimum absolute atomic E-state index is 0.170. The van der Waals surface area contributed by atoms with Crippen LogP contribution in [0.15, 0.2) is 35.1 Å². The quantitative estimate of drug-likeness (QED) is 0.0633. The van der Waals surface area contributed by atoms with E-state index in [1.807, 2.05) is 39.8 Å². The summed E-state index contributed by atoms with van der Waals surface area (Å²) in [7, 11) is 2.94. The topological polar surface area (TPSA) is 434 Å². The molecule has 0 radical (unpaired) electrons. The Hall–Kier alpha value is -4.36. The minimum atomic E-state index is -5.39. The lowest BCUT2D eigenvalue weighted by molar-refractivity contribution is -0.432. The van der Waals surface area contributed by atoms with Crippen LogP contribution in [0, 0.1) is 41.4 Å². The number of rotatable bonds is 8. The summed E-state index contributed by atoms with van der Waals surface area (Å²) < 4.78 is 51.6. The molecule has 0 unspecified atom stereocenters. The van der Waals surface area contributed by atoms with Gasteiger partial charge in [0.1, 0.15) is 41.2 Å². The molecule has 3 aliphatic carbocycles. The van der Waals surface area contributed by atoms with Gasteiger partial charge in [0.2, 0.25) is 5.78 Å². The van der Waals surface area contributed by atoms with Gasteiger partial charge in [0, 0.05) is 54.7 Å². The molecule has 1 saturated carbocycles. The molecule has 1 aromatic rings. The molecule has 1 amide bonds. The van der Waals surface area contributed by atoms with Crippen LogP contribution in [0.5, 0.6) is 5.75 Å². The number of aliphatic hydroxyl groups is 7. The lowest BCUT2D eigenvalue weighted by Crippen LogP contribution is -2.67. The van der Waals surface area contributed by atoms with E-state index in [1.54, 1.807) is 34.6 Å². The molecule has 4 heterocycles. The van der Waals surface area contributed by atoms with E-state index in [0.717, 1.165) is 0 Å². The number of likely N-dealkylation sites (N-methyl/N-ethyl adjacent to an activating group) is 2. The molecule has 4 aliphatic heterocycles. The van der Waals surface area contributed by atoms with E-state index in [1.165, 1.54) is 51.2 Å². The number of nitrogens with two attached hydrogens (primary N) is 1. The first-order valence-electron chi connectivity index (χ1n) is 28.4. The molecule has 28 heteroatoms. The van der Waals surface area contributed by atoms with Crippen molar-refractivity contribution in [3.05, 3.63) is 46.2 Å². The van der Waals surface area contributed by atoms with Crippen LogP contribution in [0.4, 0.5) is 0 Å². The Kier molecular flexibility index (Phi) is 21.6. The van der Waals surface area contributed by atoms with Gasteiger partial charge in [-0.1, -0.05) is 39.8 Å². The first-order valence-corrected chi connectivity index (χ1v) is 29.8. The van der Waals surface area contributed by atoms with Gasteiger partial charge in [0.25, 0.3) is 5.91 Å². The summed E-state index contributed by atoms with van der Waals surface area (Å²) in [6, 6.07) is 2.80. The molecule has 27 nitrogen and oxygen atoms in total. The van der Waals surface area contributed by atoms with Gasteiger partial charge in [-0.25, -0.2) is 0 Å². The third-order valence-corrected chi connectivity index (χ3v) is 18.4. The zero-order chi connectivity index (χ0) is 64.2. The van der Waals surface area contributed by atoms with Crippen molar-refractivity contribution in [2.75, 3.05) is 41.9 Å². The molecule has 4 saturated heterocycles. The van der Waals surface area contributed by atoms with Crippen LogP contribution in [0.2, 0.25) is 0 Å². The summed E-state index contributed by atoms with van der Waals surface area (Å²) in [5.41, 5.74) is -1.64. The van der Waals surface area contributed by atoms with Gasteiger partial charge in [0.15, 0.2) is 35.3 Å². The van der Waals surface area contributed by atoms with Gasteiger partial charge >= 0.3 is 5.97 Å². The van der Waals surface area contributed by atoms with E-state index in [4.69, 9.17) is 58.1 Å². The Morgan fingerprint density at radius 3 is 1.94 bits per heavy atom. The van der Waals surface area contributed by atoms with Crippen molar-refractivity contribution < 1.29 is 117 Å². The monoisotopic (exact) mass is 1230 g/mol. The number of phenolic OH excluding ortho intramolecular Hbond substituents is 1. The maximum absolute atomic E-state index is 13.9. The number of fused-ring (bicyclic) bond motifs is 3. The van der Waals surface area contributed by atoms with Gasteiger partial charge in [0.05, 0.1) is 66.4 Å². The minimum Gasteiger partial charge on any atom is -0.822 e. The summed E-state index contributed by atoms with van der Waals surface area (Å²) in [5, 5.41) is 88.2. The largest absolute Gasteiger partial charge is 0.822 e. The molecule has 1 spiro atoms. The number of ether oxygens (including phenoxy) is 7. The molecule has 0 aromatic heterocycles. The first kappa shape index (κ1) is 69.7. The molecule has 7 aliphatic rings.